The van der Waals surface area contributed by atoms with Gasteiger partial charge in [0.2, 0.25) is 5.91 Å². The first-order valence-electron chi connectivity index (χ1n) is 10.8. The molecule has 1 atom stereocenters. The number of rotatable bonds is 9. The largest absolute Gasteiger partial charge is 0.495 e. The number of β-amino-alcohol motifs (C(OH)–C–C–N with tert-alkyl or cyclic N) is 1. The first kappa shape index (κ1) is 23.1. The minimum Gasteiger partial charge on any atom is -0.495 e. The highest BCUT2D eigenvalue weighted by Crippen LogP contribution is 2.23. The molecule has 0 unspecified atom stereocenters. The minimum atomic E-state index is -0.483. The smallest absolute Gasteiger partial charge is 0.238 e. The zero-order valence-corrected chi connectivity index (χ0v) is 18.7. The van der Waals surface area contributed by atoms with E-state index in [1.807, 2.05) is 56.3 Å². The first-order chi connectivity index (χ1) is 15.0. The van der Waals surface area contributed by atoms with E-state index in [4.69, 9.17) is 4.74 Å². The molecule has 1 aliphatic heterocycles. The van der Waals surface area contributed by atoms with Gasteiger partial charge in [0.1, 0.15) is 5.75 Å². The van der Waals surface area contributed by atoms with Crippen LogP contribution in [0.1, 0.15) is 11.1 Å². The Morgan fingerprint density at radius 1 is 1.03 bits per heavy atom. The molecule has 1 heterocycles. The lowest BCUT2D eigenvalue weighted by molar-refractivity contribution is -0.117. The molecule has 1 aliphatic rings. The zero-order valence-electron chi connectivity index (χ0n) is 18.7. The van der Waals surface area contributed by atoms with E-state index in [0.717, 1.165) is 54.4 Å². The Morgan fingerprint density at radius 3 is 2.35 bits per heavy atom. The summed E-state index contributed by atoms with van der Waals surface area (Å²) < 4.78 is 5.33. The number of hydrogen-bond acceptors (Lipinski definition) is 6. The number of piperazine rings is 1. The highest BCUT2D eigenvalue weighted by molar-refractivity contribution is 5.93. The number of aryl methyl sites for hydroxylation is 2. The highest BCUT2D eigenvalue weighted by atomic mass is 16.5. The van der Waals surface area contributed by atoms with E-state index in [1.54, 1.807) is 7.11 Å². The molecule has 3 rings (SSSR count). The van der Waals surface area contributed by atoms with Crippen LogP contribution in [0.4, 0.5) is 11.4 Å². The molecule has 2 aromatic carbocycles. The lowest BCUT2D eigenvalue weighted by atomic mass is 10.1. The number of benzene rings is 2. The molecule has 0 aliphatic carbocycles. The Morgan fingerprint density at radius 2 is 1.68 bits per heavy atom. The average Bonchev–Trinajstić information content (AvgIpc) is 2.76. The van der Waals surface area contributed by atoms with Crippen LogP contribution in [0, 0.1) is 13.8 Å². The molecule has 2 aromatic rings. The van der Waals surface area contributed by atoms with Crippen molar-refractivity contribution >= 4 is 17.3 Å². The SMILES string of the molecule is COc1ccccc1NC[C@H](O)CN1CCN(CC(=O)Nc2c(C)cccc2C)CC1. The Bertz CT molecular complexity index is 845. The van der Waals surface area contributed by atoms with Gasteiger partial charge in [-0.05, 0) is 37.1 Å². The second-order valence-corrected chi connectivity index (χ2v) is 8.13. The summed E-state index contributed by atoms with van der Waals surface area (Å²) in [5.41, 5.74) is 3.95. The van der Waals surface area contributed by atoms with Crippen molar-refractivity contribution in [3.63, 3.8) is 0 Å². The van der Waals surface area contributed by atoms with Crippen LogP contribution in [0.2, 0.25) is 0 Å². The summed E-state index contributed by atoms with van der Waals surface area (Å²) in [5, 5.41) is 16.7. The quantitative estimate of drug-likeness (QED) is 0.571. The molecule has 7 nitrogen and oxygen atoms in total. The van der Waals surface area contributed by atoms with Crippen LogP contribution in [-0.2, 0) is 4.79 Å². The number of carbonyl (C=O) groups is 1. The second kappa shape index (κ2) is 11.1. The van der Waals surface area contributed by atoms with Crippen molar-refractivity contribution in [3.8, 4) is 5.75 Å². The fourth-order valence-corrected chi connectivity index (χ4v) is 3.90. The molecular weight excluding hydrogens is 392 g/mol. The number of ether oxygens (including phenoxy) is 1. The molecule has 1 fully saturated rings. The van der Waals surface area contributed by atoms with Gasteiger partial charge < -0.3 is 20.5 Å². The summed E-state index contributed by atoms with van der Waals surface area (Å²) in [7, 11) is 1.64. The summed E-state index contributed by atoms with van der Waals surface area (Å²) in [5.74, 6) is 0.786. The molecule has 0 aromatic heterocycles. The molecule has 0 saturated carbocycles. The number of aliphatic hydroxyl groups excluding tert-OH is 1. The van der Waals surface area contributed by atoms with Crippen LogP contribution in [0.25, 0.3) is 0 Å². The standard InChI is InChI=1S/C24H34N4O3/c1-18-7-6-8-19(2)24(18)26-23(30)17-28-13-11-27(12-14-28)16-20(29)15-25-21-9-4-5-10-22(21)31-3/h4-10,20,25,29H,11-17H2,1-3H3,(H,26,30)/t20-/m0/s1. The van der Waals surface area contributed by atoms with Crippen LogP contribution in [-0.4, -0.2) is 79.8 Å². The summed E-state index contributed by atoms with van der Waals surface area (Å²) in [6.45, 7) is 8.76. The molecule has 0 bridgehead atoms. The highest BCUT2D eigenvalue weighted by Gasteiger charge is 2.21. The summed E-state index contributed by atoms with van der Waals surface area (Å²) in [6, 6.07) is 13.7. The Hall–Kier alpha value is -2.61. The predicted molar refractivity (Wildman–Crippen MR) is 125 cm³/mol. The van der Waals surface area contributed by atoms with Gasteiger partial charge in [-0.1, -0.05) is 30.3 Å². The maximum atomic E-state index is 12.5. The number of aliphatic hydroxyl groups is 1. The molecule has 7 heteroatoms. The van der Waals surface area contributed by atoms with Crippen LogP contribution >= 0.6 is 0 Å². The van der Waals surface area contributed by atoms with E-state index in [-0.39, 0.29) is 5.91 Å². The van der Waals surface area contributed by atoms with E-state index < -0.39 is 6.10 Å². The molecule has 3 N–H and O–H groups in total. The Balaban J connectivity index is 1.38. The van der Waals surface area contributed by atoms with Crippen molar-refractivity contribution < 1.29 is 14.6 Å². The van der Waals surface area contributed by atoms with Crippen molar-refractivity contribution in [3.05, 3.63) is 53.6 Å². The molecule has 1 saturated heterocycles. The molecule has 0 radical (unpaired) electrons. The Labute approximate surface area is 185 Å². The number of nitrogens with zero attached hydrogens (tertiary/aromatic N) is 2. The van der Waals surface area contributed by atoms with Gasteiger partial charge in [0.25, 0.3) is 0 Å². The van der Waals surface area contributed by atoms with E-state index in [0.29, 0.717) is 19.6 Å². The number of nitrogens with one attached hydrogen (secondary N) is 2. The summed E-state index contributed by atoms with van der Waals surface area (Å²) >= 11 is 0. The van der Waals surface area contributed by atoms with Gasteiger partial charge in [-0.25, -0.2) is 0 Å². The molecular formula is C24H34N4O3. The Kier molecular flexibility index (Phi) is 8.28. The fourth-order valence-electron chi connectivity index (χ4n) is 3.90. The first-order valence-corrected chi connectivity index (χ1v) is 10.8. The van der Waals surface area contributed by atoms with E-state index >= 15 is 0 Å². The maximum Gasteiger partial charge on any atom is 0.238 e. The van der Waals surface area contributed by atoms with Crippen molar-refractivity contribution in [2.75, 3.05) is 63.6 Å². The monoisotopic (exact) mass is 426 g/mol. The van der Waals surface area contributed by atoms with Crippen LogP contribution in [0.15, 0.2) is 42.5 Å². The van der Waals surface area contributed by atoms with E-state index in [9.17, 15) is 9.90 Å². The third-order valence-corrected chi connectivity index (χ3v) is 5.68. The van der Waals surface area contributed by atoms with Crippen molar-refractivity contribution in [1.82, 2.24) is 9.80 Å². The third kappa shape index (κ3) is 6.69. The topological polar surface area (TPSA) is 77.1 Å². The van der Waals surface area contributed by atoms with Gasteiger partial charge in [0.15, 0.2) is 0 Å². The lowest BCUT2D eigenvalue weighted by Crippen LogP contribution is -2.50. The fraction of sp³-hybridized carbons (Fsp3) is 0.458. The predicted octanol–water partition coefficient (Wildman–Crippen LogP) is 2.34. The van der Waals surface area contributed by atoms with Crippen molar-refractivity contribution in [2.24, 2.45) is 0 Å². The van der Waals surface area contributed by atoms with Gasteiger partial charge in [-0.15, -0.1) is 0 Å². The van der Waals surface area contributed by atoms with Crippen LogP contribution in [0.5, 0.6) is 5.75 Å². The summed E-state index contributed by atoms with van der Waals surface area (Å²) in [6.07, 6.45) is -0.483. The molecule has 0 spiro atoms. The maximum absolute atomic E-state index is 12.5. The number of anilines is 2. The van der Waals surface area contributed by atoms with Gasteiger partial charge in [-0.2, -0.15) is 0 Å². The van der Waals surface area contributed by atoms with Crippen LogP contribution < -0.4 is 15.4 Å². The minimum absolute atomic E-state index is 0.0203. The third-order valence-electron chi connectivity index (χ3n) is 5.68. The van der Waals surface area contributed by atoms with Gasteiger partial charge >= 0.3 is 0 Å². The molecule has 31 heavy (non-hydrogen) atoms. The number of carbonyl (C=O) groups excluding carboxylic acids is 1. The van der Waals surface area contributed by atoms with E-state index in [2.05, 4.69) is 20.4 Å². The van der Waals surface area contributed by atoms with E-state index in [1.165, 1.54) is 0 Å². The number of hydrogen-bond donors (Lipinski definition) is 3. The number of amides is 1. The summed E-state index contributed by atoms with van der Waals surface area (Å²) in [4.78, 5) is 16.9. The van der Waals surface area contributed by atoms with Gasteiger partial charge in [-0.3, -0.25) is 14.6 Å². The molecule has 1 amide bonds. The number of para-hydroxylation sites is 3. The zero-order chi connectivity index (χ0) is 22.2. The van der Waals surface area contributed by atoms with Crippen LogP contribution in [0.3, 0.4) is 0 Å². The van der Waals surface area contributed by atoms with Crippen molar-refractivity contribution in [1.29, 1.82) is 0 Å². The van der Waals surface area contributed by atoms with Gasteiger partial charge in [0.05, 0.1) is 25.4 Å². The van der Waals surface area contributed by atoms with Crippen molar-refractivity contribution in [2.45, 2.75) is 20.0 Å². The van der Waals surface area contributed by atoms with Gasteiger partial charge in [0, 0.05) is 45.0 Å². The normalized spacial score (nSPS) is 16.0. The number of methoxy groups -OCH3 is 1. The lowest BCUT2D eigenvalue weighted by Gasteiger charge is -2.35. The molecule has 168 valence electrons. The average molecular weight is 427 g/mol. The second-order valence-electron chi connectivity index (χ2n) is 8.13.